The lowest BCUT2D eigenvalue weighted by Gasteiger charge is -2.34. The van der Waals surface area contributed by atoms with E-state index in [-0.39, 0.29) is 11.9 Å². The van der Waals surface area contributed by atoms with E-state index in [9.17, 15) is 4.79 Å². The third-order valence-corrected chi connectivity index (χ3v) is 4.80. The summed E-state index contributed by atoms with van der Waals surface area (Å²) in [5.74, 6) is 1.01. The van der Waals surface area contributed by atoms with E-state index < -0.39 is 0 Å². The number of carbonyl (C=O) groups excluding carboxylic acids is 1. The van der Waals surface area contributed by atoms with Crippen LogP contribution < -0.4 is 0 Å². The van der Waals surface area contributed by atoms with Crippen LogP contribution in [0.2, 0.25) is 0 Å². The van der Waals surface area contributed by atoms with E-state index in [1.54, 1.807) is 0 Å². The molecule has 2 heterocycles. The third-order valence-electron chi connectivity index (χ3n) is 4.80. The van der Waals surface area contributed by atoms with Crippen LogP contribution in [0.4, 0.5) is 0 Å². The molecule has 1 atom stereocenters. The minimum absolute atomic E-state index is 0.143. The van der Waals surface area contributed by atoms with Gasteiger partial charge in [-0.15, -0.1) is 0 Å². The first-order chi connectivity index (χ1) is 11.6. The van der Waals surface area contributed by atoms with Crippen LogP contribution in [0.5, 0.6) is 0 Å². The molecular formula is C18H25N5O. The van der Waals surface area contributed by atoms with Crippen molar-refractivity contribution in [1.82, 2.24) is 25.0 Å². The summed E-state index contributed by atoms with van der Waals surface area (Å²) in [6, 6.07) is 8.37. The first-order valence-electron chi connectivity index (χ1n) is 8.53. The Morgan fingerprint density at radius 1 is 1.38 bits per heavy atom. The molecule has 1 amide bonds. The summed E-state index contributed by atoms with van der Waals surface area (Å²) in [4.78, 5) is 21.0. The summed E-state index contributed by atoms with van der Waals surface area (Å²) < 4.78 is 0. The van der Waals surface area contributed by atoms with Crippen molar-refractivity contribution in [3.8, 4) is 0 Å². The Labute approximate surface area is 142 Å². The van der Waals surface area contributed by atoms with Gasteiger partial charge in [0.05, 0.1) is 12.6 Å². The number of H-pyrrole nitrogens is 1. The topological polar surface area (TPSA) is 65.1 Å². The van der Waals surface area contributed by atoms with Crippen LogP contribution in [0.3, 0.4) is 0 Å². The number of aromatic amines is 1. The summed E-state index contributed by atoms with van der Waals surface area (Å²) >= 11 is 0. The number of nitrogens with zero attached hydrogens (tertiary/aromatic N) is 4. The molecule has 1 N–H and O–H groups in total. The molecule has 1 aromatic carbocycles. The predicted octanol–water partition coefficient (Wildman–Crippen LogP) is 2.30. The van der Waals surface area contributed by atoms with Gasteiger partial charge in [-0.3, -0.25) is 14.8 Å². The number of benzene rings is 1. The second kappa shape index (κ2) is 7.57. The van der Waals surface area contributed by atoms with Crippen LogP contribution in [-0.2, 0) is 11.3 Å². The van der Waals surface area contributed by atoms with Crippen molar-refractivity contribution < 1.29 is 4.79 Å². The van der Waals surface area contributed by atoms with Crippen LogP contribution in [-0.4, -0.2) is 51.0 Å². The highest BCUT2D eigenvalue weighted by Crippen LogP contribution is 2.28. The number of aromatic nitrogens is 3. The molecule has 0 unspecified atom stereocenters. The summed E-state index contributed by atoms with van der Waals surface area (Å²) in [7, 11) is 1.88. The summed E-state index contributed by atoms with van der Waals surface area (Å²) in [5.41, 5.74) is 2.41. The number of likely N-dealkylation sites (tertiary alicyclic amines) is 1. The first kappa shape index (κ1) is 16.6. The van der Waals surface area contributed by atoms with Gasteiger partial charge in [-0.2, -0.15) is 5.10 Å². The second-order valence-corrected chi connectivity index (χ2v) is 6.53. The smallest absolute Gasteiger partial charge is 0.236 e. The average molecular weight is 327 g/mol. The number of likely N-dealkylation sites (N-methyl/N-ethyl adjacent to an activating group) is 1. The molecule has 2 aromatic rings. The van der Waals surface area contributed by atoms with Gasteiger partial charge in [0.25, 0.3) is 0 Å². The molecule has 0 saturated carbocycles. The quantitative estimate of drug-likeness (QED) is 0.915. The molecule has 6 heteroatoms. The highest BCUT2D eigenvalue weighted by molar-refractivity contribution is 5.78. The number of hydrogen-bond donors (Lipinski definition) is 1. The number of aryl methyl sites for hydroxylation is 1. The van der Waals surface area contributed by atoms with Crippen molar-refractivity contribution in [1.29, 1.82) is 0 Å². The highest BCUT2D eigenvalue weighted by atomic mass is 16.2. The zero-order valence-corrected chi connectivity index (χ0v) is 14.4. The molecule has 24 heavy (non-hydrogen) atoms. The molecule has 128 valence electrons. The Morgan fingerprint density at radius 3 is 2.96 bits per heavy atom. The molecule has 0 aliphatic carbocycles. The van der Waals surface area contributed by atoms with E-state index in [1.807, 2.05) is 24.1 Å². The number of carbonyl (C=O) groups is 1. The fraction of sp³-hybridized carbons (Fsp3) is 0.500. The molecule has 3 rings (SSSR count). The van der Waals surface area contributed by atoms with E-state index in [4.69, 9.17) is 0 Å². The van der Waals surface area contributed by atoms with Gasteiger partial charge in [0.15, 0.2) is 0 Å². The van der Waals surface area contributed by atoms with Crippen LogP contribution in [0.15, 0.2) is 30.6 Å². The van der Waals surface area contributed by atoms with E-state index in [0.29, 0.717) is 13.1 Å². The van der Waals surface area contributed by atoms with Crippen molar-refractivity contribution in [3.05, 3.63) is 47.5 Å². The Balaban J connectivity index is 1.63. The molecule has 1 saturated heterocycles. The molecular weight excluding hydrogens is 302 g/mol. The minimum atomic E-state index is 0.143. The first-order valence-corrected chi connectivity index (χ1v) is 8.53. The molecule has 1 aliphatic heterocycles. The maximum atomic E-state index is 12.7. The molecule has 1 aliphatic rings. The van der Waals surface area contributed by atoms with Gasteiger partial charge in [-0.05, 0) is 37.4 Å². The van der Waals surface area contributed by atoms with Crippen molar-refractivity contribution >= 4 is 5.91 Å². The van der Waals surface area contributed by atoms with E-state index >= 15 is 0 Å². The second-order valence-electron chi connectivity index (χ2n) is 6.53. The van der Waals surface area contributed by atoms with Gasteiger partial charge in [0.1, 0.15) is 12.2 Å². The fourth-order valence-electron chi connectivity index (χ4n) is 3.29. The number of hydrogen-bond acceptors (Lipinski definition) is 4. The number of amides is 1. The Morgan fingerprint density at radius 2 is 2.21 bits per heavy atom. The maximum absolute atomic E-state index is 12.7. The molecule has 0 bridgehead atoms. The third kappa shape index (κ3) is 3.82. The lowest BCUT2D eigenvalue weighted by Crippen LogP contribution is -2.42. The van der Waals surface area contributed by atoms with Gasteiger partial charge in [-0.25, -0.2) is 4.98 Å². The van der Waals surface area contributed by atoms with Crippen molar-refractivity contribution in [3.63, 3.8) is 0 Å². The lowest BCUT2D eigenvalue weighted by atomic mass is 10.0. The van der Waals surface area contributed by atoms with Gasteiger partial charge in [0, 0.05) is 13.6 Å². The van der Waals surface area contributed by atoms with E-state index in [0.717, 1.165) is 31.6 Å². The molecule has 0 spiro atoms. The zero-order valence-electron chi connectivity index (χ0n) is 14.4. The van der Waals surface area contributed by atoms with E-state index in [2.05, 4.69) is 39.1 Å². The van der Waals surface area contributed by atoms with Crippen LogP contribution in [0.1, 0.15) is 42.3 Å². The van der Waals surface area contributed by atoms with Crippen LogP contribution in [0, 0.1) is 6.92 Å². The standard InChI is InChI=1S/C18H25N5O/c1-14-7-3-4-8-15(14)11-22(2)17(24)12-23-10-6-5-9-16(23)18-19-13-20-21-18/h3-4,7-8,13,16H,5-6,9-12H2,1-2H3,(H,19,20,21)/t16-/m0/s1. The van der Waals surface area contributed by atoms with Gasteiger partial charge >= 0.3 is 0 Å². The number of rotatable bonds is 5. The zero-order chi connectivity index (χ0) is 16.9. The molecule has 1 fully saturated rings. The SMILES string of the molecule is Cc1ccccc1CN(C)C(=O)CN1CCCC[C@H]1c1ncn[nH]1. The number of nitrogens with one attached hydrogen (secondary N) is 1. The average Bonchev–Trinajstić information content (AvgIpc) is 3.11. The van der Waals surface area contributed by atoms with Gasteiger partial charge in [-0.1, -0.05) is 30.7 Å². The Hall–Kier alpha value is -2.21. The van der Waals surface area contributed by atoms with Gasteiger partial charge in [0.2, 0.25) is 5.91 Å². The molecule has 0 radical (unpaired) electrons. The van der Waals surface area contributed by atoms with Gasteiger partial charge < -0.3 is 4.90 Å². The van der Waals surface area contributed by atoms with Crippen LogP contribution in [0.25, 0.3) is 0 Å². The van der Waals surface area contributed by atoms with E-state index in [1.165, 1.54) is 17.5 Å². The summed E-state index contributed by atoms with van der Waals surface area (Å²) in [6.45, 7) is 4.08. The van der Waals surface area contributed by atoms with Crippen LogP contribution >= 0.6 is 0 Å². The van der Waals surface area contributed by atoms with Crippen molar-refractivity contribution in [2.24, 2.45) is 0 Å². The molecule has 1 aromatic heterocycles. The minimum Gasteiger partial charge on any atom is -0.340 e. The summed E-state index contributed by atoms with van der Waals surface area (Å²) in [6.07, 6.45) is 4.84. The Bertz CT molecular complexity index is 670. The predicted molar refractivity (Wildman–Crippen MR) is 92.2 cm³/mol. The normalized spacial score (nSPS) is 18.5. The Kier molecular flexibility index (Phi) is 5.25. The van der Waals surface area contributed by atoms with Crippen molar-refractivity contribution in [2.75, 3.05) is 20.1 Å². The van der Waals surface area contributed by atoms with Crippen molar-refractivity contribution in [2.45, 2.75) is 38.8 Å². The highest BCUT2D eigenvalue weighted by Gasteiger charge is 2.28. The maximum Gasteiger partial charge on any atom is 0.236 e. The largest absolute Gasteiger partial charge is 0.340 e. The summed E-state index contributed by atoms with van der Waals surface area (Å²) in [5, 5.41) is 6.91. The fourth-order valence-corrected chi connectivity index (χ4v) is 3.29. The lowest BCUT2D eigenvalue weighted by molar-refractivity contribution is -0.132. The monoisotopic (exact) mass is 327 g/mol. The number of piperidine rings is 1. The molecule has 6 nitrogen and oxygen atoms in total.